The van der Waals surface area contributed by atoms with E-state index in [1.54, 1.807) is 0 Å². The van der Waals surface area contributed by atoms with Crippen molar-refractivity contribution in [2.75, 3.05) is 26.3 Å². The molecule has 0 amide bonds. The fraction of sp³-hybridized carbons (Fsp3) is 0.571. The number of aliphatic carboxylic acids is 2. The van der Waals surface area contributed by atoms with Crippen molar-refractivity contribution in [3.8, 4) is 0 Å². The normalized spacial score (nSPS) is 21.6. The van der Waals surface area contributed by atoms with Crippen LogP contribution in [0.3, 0.4) is 0 Å². The number of hydrogen-bond donors (Lipinski definition) is 2. The van der Waals surface area contributed by atoms with Crippen molar-refractivity contribution in [1.29, 1.82) is 0 Å². The van der Waals surface area contributed by atoms with Gasteiger partial charge in [0.2, 0.25) is 5.89 Å². The number of pyridine rings is 1. The highest BCUT2D eigenvalue weighted by atomic mass is 19.4. The molecule has 2 aromatic rings. The van der Waals surface area contributed by atoms with Crippen LogP contribution in [-0.4, -0.2) is 80.8 Å². The Morgan fingerprint density at radius 1 is 1.03 bits per heavy atom. The summed E-state index contributed by atoms with van der Waals surface area (Å²) in [6.07, 6.45) is -5.62. The molecule has 0 aromatic carbocycles. The summed E-state index contributed by atoms with van der Waals surface area (Å²) >= 11 is 0. The van der Waals surface area contributed by atoms with Crippen LogP contribution < -0.4 is 0 Å². The molecule has 0 bridgehead atoms. The van der Waals surface area contributed by atoms with Gasteiger partial charge < -0.3 is 19.5 Å². The molecule has 2 aliphatic rings. The Kier molecular flexibility index (Phi) is 10.4. The molecule has 4 rings (SSSR count). The number of likely N-dealkylation sites (tertiary alicyclic amines) is 1. The van der Waals surface area contributed by atoms with E-state index >= 15 is 0 Å². The molecule has 2 fully saturated rings. The minimum Gasteiger partial charge on any atom is -0.475 e. The minimum atomic E-state index is -5.08. The minimum absolute atomic E-state index is 0.469. The summed E-state index contributed by atoms with van der Waals surface area (Å²) < 4.78 is 74.6. The Bertz CT molecular complexity index is 993. The maximum atomic E-state index is 10.6. The van der Waals surface area contributed by atoms with E-state index in [2.05, 4.69) is 32.2 Å². The third-order valence-corrected chi connectivity index (χ3v) is 5.48. The number of nitrogens with zero attached hydrogens (tertiary/aromatic N) is 4. The molecule has 0 unspecified atom stereocenters. The van der Waals surface area contributed by atoms with E-state index in [4.69, 9.17) is 29.1 Å². The molecule has 37 heavy (non-hydrogen) atoms. The van der Waals surface area contributed by atoms with Crippen LogP contribution in [0.4, 0.5) is 26.3 Å². The van der Waals surface area contributed by atoms with Crippen LogP contribution in [0.25, 0.3) is 0 Å². The SMILES string of the molecule is Cc1noc(C[C@@H]2COC[C@H]3CN(Cc4ccncc4)C[C@@H]23)n1.O=C(O)C(F)(F)F.O=C(O)C(F)(F)F. The number of carbonyl (C=O) groups is 2. The van der Waals surface area contributed by atoms with Gasteiger partial charge in [0.25, 0.3) is 0 Å². The van der Waals surface area contributed by atoms with Crippen molar-refractivity contribution in [3.05, 3.63) is 41.8 Å². The number of carboxylic acid groups (broad SMARTS) is 2. The van der Waals surface area contributed by atoms with Gasteiger partial charge >= 0.3 is 24.3 Å². The lowest BCUT2D eigenvalue weighted by atomic mass is 9.81. The fourth-order valence-corrected chi connectivity index (χ4v) is 3.93. The molecule has 0 aliphatic carbocycles. The number of aromatic nitrogens is 3. The Morgan fingerprint density at radius 3 is 2.08 bits per heavy atom. The van der Waals surface area contributed by atoms with Crippen molar-refractivity contribution < 1.29 is 55.4 Å². The van der Waals surface area contributed by atoms with Gasteiger partial charge in [0.05, 0.1) is 13.2 Å². The Labute approximate surface area is 206 Å². The predicted octanol–water partition coefficient (Wildman–Crippen LogP) is 2.98. The van der Waals surface area contributed by atoms with Gasteiger partial charge in [-0.2, -0.15) is 31.3 Å². The summed E-state index contributed by atoms with van der Waals surface area (Å²) in [5, 5.41) is 18.1. The van der Waals surface area contributed by atoms with Crippen LogP contribution in [0.5, 0.6) is 0 Å². The second-order valence-corrected chi connectivity index (χ2v) is 8.32. The van der Waals surface area contributed by atoms with Gasteiger partial charge in [-0.1, -0.05) is 5.16 Å². The number of alkyl halides is 6. The summed E-state index contributed by atoms with van der Waals surface area (Å²) in [6.45, 7) is 6.74. The van der Waals surface area contributed by atoms with E-state index in [0.717, 1.165) is 45.2 Å². The zero-order valence-corrected chi connectivity index (χ0v) is 19.4. The molecule has 0 saturated carbocycles. The van der Waals surface area contributed by atoms with Gasteiger partial charge in [-0.05, 0) is 42.4 Å². The van der Waals surface area contributed by atoms with Crippen LogP contribution >= 0.6 is 0 Å². The molecule has 0 spiro atoms. The molecule has 16 heteroatoms. The number of aryl methyl sites for hydroxylation is 1. The number of halogens is 6. The topological polar surface area (TPSA) is 139 Å². The molecule has 4 heterocycles. The standard InChI is InChI=1S/C17H22N4O2.2C2HF3O2/c1-12-19-17(23-20-12)6-14-10-22-11-15-8-21(9-16(14)15)7-13-2-4-18-5-3-13;2*3-2(4,5)1(6)7/h2-5,14-16H,6-11H2,1H3;2*(H,6,7)/t14-,15-,16+;;/m1../s1. The highest BCUT2D eigenvalue weighted by molar-refractivity contribution is 5.73. The molecule has 2 saturated heterocycles. The molecule has 2 aliphatic heterocycles. The number of ether oxygens (including phenoxy) is 1. The fourth-order valence-electron chi connectivity index (χ4n) is 3.93. The van der Waals surface area contributed by atoms with Crippen LogP contribution in [-0.2, 0) is 27.3 Å². The third-order valence-electron chi connectivity index (χ3n) is 5.48. The summed E-state index contributed by atoms with van der Waals surface area (Å²) in [4.78, 5) is 28.8. The van der Waals surface area contributed by atoms with E-state index in [0.29, 0.717) is 23.6 Å². The van der Waals surface area contributed by atoms with E-state index in [1.807, 2.05) is 19.3 Å². The monoisotopic (exact) mass is 542 g/mol. The Morgan fingerprint density at radius 2 is 1.59 bits per heavy atom. The van der Waals surface area contributed by atoms with Gasteiger partial charge in [0.15, 0.2) is 5.82 Å². The van der Waals surface area contributed by atoms with E-state index in [-0.39, 0.29) is 0 Å². The first-order chi connectivity index (χ1) is 17.2. The lowest BCUT2D eigenvalue weighted by Gasteiger charge is -2.32. The number of carboxylic acids is 2. The van der Waals surface area contributed by atoms with Gasteiger partial charge in [0, 0.05) is 38.4 Å². The maximum Gasteiger partial charge on any atom is 0.490 e. The molecular weight excluding hydrogens is 518 g/mol. The molecule has 206 valence electrons. The van der Waals surface area contributed by atoms with Crippen LogP contribution in [0, 0.1) is 24.7 Å². The lowest BCUT2D eigenvalue weighted by molar-refractivity contribution is -0.193. The van der Waals surface area contributed by atoms with Crippen molar-refractivity contribution in [1.82, 2.24) is 20.0 Å². The van der Waals surface area contributed by atoms with Crippen LogP contribution in [0.15, 0.2) is 29.0 Å². The summed E-state index contributed by atoms with van der Waals surface area (Å²) in [7, 11) is 0. The highest BCUT2D eigenvalue weighted by Gasteiger charge is 2.41. The summed E-state index contributed by atoms with van der Waals surface area (Å²) in [5.74, 6) is -2.34. The Balaban J connectivity index is 0.000000286. The van der Waals surface area contributed by atoms with Gasteiger partial charge in [-0.15, -0.1) is 0 Å². The average Bonchev–Trinajstić information content (AvgIpc) is 3.40. The molecule has 2 aromatic heterocycles. The molecule has 0 radical (unpaired) electrons. The first kappa shape index (κ1) is 30.0. The van der Waals surface area contributed by atoms with Crippen molar-refractivity contribution in [3.63, 3.8) is 0 Å². The lowest BCUT2D eigenvalue weighted by Crippen LogP contribution is -2.36. The van der Waals surface area contributed by atoms with Crippen molar-refractivity contribution >= 4 is 11.9 Å². The second-order valence-electron chi connectivity index (χ2n) is 8.32. The number of hydrogen-bond acceptors (Lipinski definition) is 8. The Hall–Kier alpha value is -3.27. The summed E-state index contributed by atoms with van der Waals surface area (Å²) in [5.41, 5.74) is 1.32. The van der Waals surface area contributed by atoms with Crippen molar-refractivity contribution in [2.24, 2.45) is 17.8 Å². The maximum absolute atomic E-state index is 10.6. The quantitative estimate of drug-likeness (QED) is 0.555. The zero-order chi connectivity index (χ0) is 27.8. The third kappa shape index (κ3) is 9.95. The van der Waals surface area contributed by atoms with Gasteiger partial charge in [-0.25, -0.2) is 9.59 Å². The smallest absolute Gasteiger partial charge is 0.475 e. The van der Waals surface area contributed by atoms with Crippen LogP contribution in [0.2, 0.25) is 0 Å². The first-order valence-corrected chi connectivity index (χ1v) is 10.7. The number of fused-ring (bicyclic) bond motifs is 1. The van der Waals surface area contributed by atoms with Gasteiger partial charge in [0.1, 0.15) is 0 Å². The molecular formula is C21H24F6N4O6. The highest BCUT2D eigenvalue weighted by Crippen LogP contribution is 2.36. The molecule has 3 atom stereocenters. The number of rotatable bonds is 4. The van der Waals surface area contributed by atoms with E-state index in [9.17, 15) is 26.3 Å². The zero-order valence-electron chi connectivity index (χ0n) is 19.4. The second kappa shape index (κ2) is 12.8. The molecule has 10 nitrogen and oxygen atoms in total. The van der Waals surface area contributed by atoms with Crippen LogP contribution in [0.1, 0.15) is 17.3 Å². The average molecular weight is 542 g/mol. The van der Waals surface area contributed by atoms with E-state index in [1.165, 1.54) is 5.56 Å². The first-order valence-electron chi connectivity index (χ1n) is 10.7. The molecule has 2 N–H and O–H groups in total. The van der Waals surface area contributed by atoms with E-state index < -0.39 is 24.3 Å². The largest absolute Gasteiger partial charge is 0.490 e. The van der Waals surface area contributed by atoms with Crippen molar-refractivity contribution in [2.45, 2.75) is 32.2 Å². The predicted molar refractivity (Wildman–Crippen MR) is 111 cm³/mol. The summed E-state index contributed by atoms with van der Waals surface area (Å²) in [6, 6.07) is 4.19. The van der Waals surface area contributed by atoms with Gasteiger partial charge in [-0.3, -0.25) is 9.88 Å².